The zero-order chi connectivity index (χ0) is 25.5. The van der Waals surface area contributed by atoms with E-state index < -0.39 is 6.10 Å². The fraction of sp³-hybridized carbons (Fsp3) is 0.333. The molecule has 12 heteroatoms. The second-order valence-corrected chi connectivity index (χ2v) is 9.00. The molecule has 0 aliphatic heterocycles. The molecule has 4 aromatic rings. The normalized spacial score (nSPS) is 11.9. The number of carbonyl (C=O) groups is 1. The van der Waals surface area contributed by atoms with E-state index in [-0.39, 0.29) is 6.03 Å². The van der Waals surface area contributed by atoms with Crippen LogP contribution in [0.4, 0.5) is 15.7 Å². The van der Waals surface area contributed by atoms with Gasteiger partial charge in [0, 0.05) is 56.3 Å². The molecule has 0 radical (unpaired) electrons. The summed E-state index contributed by atoms with van der Waals surface area (Å²) in [4.78, 5) is 34.7. The molecule has 0 fully saturated rings. The van der Waals surface area contributed by atoms with Crippen molar-refractivity contribution < 1.29 is 14.6 Å². The van der Waals surface area contributed by atoms with E-state index in [0.29, 0.717) is 54.2 Å². The number of benzene rings is 1. The zero-order valence-electron chi connectivity index (χ0n) is 20.3. The number of aromatic nitrogens is 5. The number of ether oxygens (including phenoxy) is 1. The van der Waals surface area contributed by atoms with Crippen molar-refractivity contribution >= 4 is 38.5 Å². The van der Waals surface area contributed by atoms with Gasteiger partial charge in [-0.3, -0.25) is 5.32 Å². The van der Waals surface area contributed by atoms with Crippen LogP contribution in [0.5, 0.6) is 0 Å². The van der Waals surface area contributed by atoms with E-state index >= 15 is 0 Å². The van der Waals surface area contributed by atoms with Gasteiger partial charge >= 0.3 is 6.03 Å². The van der Waals surface area contributed by atoms with Crippen molar-refractivity contribution in [3.05, 3.63) is 42.6 Å². The molecule has 0 bridgehead atoms. The van der Waals surface area contributed by atoms with E-state index in [9.17, 15) is 9.90 Å². The molecule has 0 saturated carbocycles. The molecule has 1 unspecified atom stereocenters. The van der Waals surface area contributed by atoms with Crippen molar-refractivity contribution in [2.24, 2.45) is 0 Å². The molecule has 36 heavy (non-hydrogen) atoms. The number of aliphatic hydroxyl groups excluding tert-OH is 1. The summed E-state index contributed by atoms with van der Waals surface area (Å²) in [5, 5.41) is 18.8. The Hall–Kier alpha value is -3.74. The zero-order valence-corrected chi connectivity index (χ0v) is 21.1. The molecular formula is C24H28N8O3S. The average Bonchev–Trinajstić information content (AvgIpc) is 3.26. The highest BCUT2D eigenvalue weighted by Gasteiger charge is 2.17. The Morgan fingerprint density at radius 3 is 2.69 bits per heavy atom. The second kappa shape index (κ2) is 11.8. The molecule has 0 spiro atoms. The van der Waals surface area contributed by atoms with Gasteiger partial charge in [0.05, 0.1) is 22.9 Å². The molecule has 4 rings (SSSR count). The van der Waals surface area contributed by atoms with Crippen molar-refractivity contribution in [3.8, 4) is 22.5 Å². The smallest absolute Gasteiger partial charge is 0.321 e. The molecular weight excluding hydrogens is 480 g/mol. The van der Waals surface area contributed by atoms with E-state index in [1.54, 1.807) is 38.7 Å². The standard InChI is InChI=1S/C24H28N8O3S/c1-4-25-23(34)32-24-30-18-11-15(16-12-28-20(29-13-16)9-14(2)33)10-17(21(18)36-24)22-27-6-5-19(31-22)26-7-8-35-3/h5-6,10-14,33H,4,7-9H2,1-3H3,(H,26,27,31)(H2,25,30,32,34). The first-order valence-corrected chi connectivity index (χ1v) is 12.3. The van der Waals surface area contributed by atoms with Crippen molar-refractivity contribution in [2.45, 2.75) is 26.4 Å². The minimum Gasteiger partial charge on any atom is -0.393 e. The van der Waals surface area contributed by atoms with Crippen LogP contribution in [0, 0.1) is 0 Å². The number of rotatable bonds is 10. The number of hydrogen-bond donors (Lipinski definition) is 4. The molecule has 1 aromatic carbocycles. The molecule has 11 nitrogen and oxygen atoms in total. The Balaban J connectivity index is 1.77. The minimum absolute atomic E-state index is 0.318. The first-order valence-electron chi connectivity index (χ1n) is 11.5. The summed E-state index contributed by atoms with van der Waals surface area (Å²) < 4.78 is 5.94. The fourth-order valence-corrected chi connectivity index (χ4v) is 4.41. The second-order valence-electron chi connectivity index (χ2n) is 8.00. The highest BCUT2D eigenvalue weighted by Crippen LogP contribution is 2.37. The summed E-state index contributed by atoms with van der Waals surface area (Å²) in [6, 6.07) is 5.37. The van der Waals surface area contributed by atoms with E-state index in [2.05, 4.69) is 40.9 Å². The van der Waals surface area contributed by atoms with Gasteiger partial charge in [-0.15, -0.1) is 0 Å². The lowest BCUT2D eigenvalue weighted by molar-refractivity contribution is 0.193. The quantitative estimate of drug-likeness (QED) is 0.237. The van der Waals surface area contributed by atoms with Gasteiger partial charge in [0.15, 0.2) is 11.0 Å². The van der Waals surface area contributed by atoms with Crippen molar-refractivity contribution in [1.29, 1.82) is 0 Å². The van der Waals surface area contributed by atoms with Gasteiger partial charge in [-0.05, 0) is 37.6 Å². The van der Waals surface area contributed by atoms with Crippen molar-refractivity contribution in [1.82, 2.24) is 30.2 Å². The first-order chi connectivity index (χ1) is 17.5. The van der Waals surface area contributed by atoms with Crippen LogP contribution in [0.3, 0.4) is 0 Å². The number of amides is 2. The summed E-state index contributed by atoms with van der Waals surface area (Å²) in [5.41, 5.74) is 3.08. The molecule has 188 valence electrons. The number of nitrogens with one attached hydrogen (secondary N) is 3. The van der Waals surface area contributed by atoms with Crippen LogP contribution in [-0.4, -0.2) is 69.0 Å². The lowest BCUT2D eigenvalue weighted by Crippen LogP contribution is -2.28. The number of urea groups is 1. The number of anilines is 2. The molecule has 0 saturated heterocycles. The van der Waals surface area contributed by atoms with Crippen LogP contribution in [0.25, 0.3) is 32.7 Å². The Kier molecular flexibility index (Phi) is 8.31. The van der Waals surface area contributed by atoms with Gasteiger partial charge in [0.1, 0.15) is 11.6 Å². The third kappa shape index (κ3) is 6.27. The van der Waals surface area contributed by atoms with E-state index in [0.717, 1.165) is 21.4 Å². The number of fused-ring (bicyclic) bond motifs is 1. The van der Waals surface area contributed by atoms with Crippen molar-refractivity contribution in [2.75, 3.05) is 37.4 Å². The number of carbonyl (C=O) groups excluding carboxylic acids is 1. The van der Waals surface area contributed by atoms with Gasteiger partial charge in [-0.2, -0.15) is 0 Å². The maximum Gasteiger partial charge on any atom is 0.321 e. The number of hydrogen-bond acceptors (Lipinski definition) is 10. The highest BCUT2D eigenvalue weighted by molar-refractivity contribution is 7.22. The van der Waals surface area contributed by atoms with Gasteiger partial charge in [0.2, 0.25) is 0 Å². The number of aliphatic hydroxyl groups is 1. The van der Waals surface area contributed by atoms with Crippen molar-refractivity contribution in [3.63, 3.8) is 0 Å². The molecule has 4 N–H and O–H groups in total. The van der Waals surface area contributed by atoms with Gasteiger partial charge in [0.25, 0.3) is 0 Å². The Labute approximate surface area is 212 Å². The van der Waals surface area contributed by atoms with Crippen LogP contribution in [0.1, 0.15) is 19.7 Å². The van der Waals surface area contributed by atoms with Gasteiger partial charge in [-0.25, -0.2) is 29.7 Å². The maximum atomic E-state index is 12.1. The number of nitrogens with zero attached hydrogens (tertiary/aromatic N) is 5. The highest BCUT2D eigenvalue weighted by atomic mass is 32.1. The summed E-state index contributed by atoms with van der Waals surface area (Å²) in [6.07, 6.45) is 4.99. The number of methoxy groups -OCH3 is 1. The van der Waals surface area contributed by atoms with Crippen LogP contribution in [0.2, 0.25) is 0 Å². The lowest BCUT2D eigenvalue weighted by atomic mass is 10.0. The fourth-order valence-electron chi connectivity index (χ4n) is 3.46. The van der Waals surface area contributed by atoms with Crippen LogP contribution < -0.4 is 16.0 Å². The summed E-state index contributed by atoms with van der Waals surface area (Å²) >= 11 is 1.35. The summed E-state index contributed by atoms with van der Waals surface area (Å²) in [5.74, 6) is 1.76. The maximum absolute atomic E-state index is 12.1. The first kappa shape index (κ1) is 25.4. The van der Waals surface area contributed by atoms with Crippen LogP contribution in [0.15, 0.2) is 36.8 Å². The predicted octanol–water partition coefficient (Wildman–Crippen LogP) is 3.33. The van der Waals surface area contributed by atoms with Gasteiger partial charge < -0.3 is 20.5 Å². The molecule has 0 aliphatic rings. The SMILES string of the molecule is CCNC(=O)Nc1nc2cc(-c3cnc(CC(C)O)nc3)cc(-c3nccc(NCCOC)n3)c2s1. The van der Waals surface area contributed by atoms with Gasteiger partial charge in [-0.1, -0.05) is 11.3 Å². The minimum atomic E-state index is -0.522. The Bertz CT molecular complexity index is 1330. The molecule has 0 aliphatic carbocycles. The average molecular weight is 509 g/mol. The van der Waals surface area contributed by atoms with E-state index in [1.807, 2.05) is 19.1 Å². The molecule has 1 atom stereocenters. The van der Waals surface area contributed by atoms with E-state index in [4.69, 9.17) is 4.74 Å². The predicted molar refractivity (Wildman–Crippen MR) is 140 cm³/mol. The molecule has 3 aromatic heterocycles. The Morgan fingerprint density at radius 1 is 1.17 bits per heavy atom. The third-order valence-corrected chi connectivity index (χ3v) is 6.09. The van der Waals surface area contributed by atoms with Crippen LogP contribution in [-0.2, 0) is 11.2 Å². The molecule has 3 heterocycles. The summed E-state index contributed by atoms with van der Waals surface area (Å²) in [7, 11) is 1.64. The van der Waals surface area contributed by atoms with E-state index in [1.165, 1.54) is 11.3 Å². The topological polar surface area (TPSA) is 147 Å². The van der Waals surface area contributed by atoms with Crippen LogP contribution >= 0.6 is 11.3 Å². The third-order valence-electron chi connectivity index (χ3n) is 5.07. The summed E-state index contributed by atoms with van der Waals surface area (Å²) in [6.45, 7) is 5.22. The Morgan fingerprint density at radius 2 is 1.97 bits per heavy atom. The number of thiazole rings is 1. The lowest BCUT2D eigenvalue weighted by Gasteiger charge is -2.09. The molecule has 2 amide bonds. The largest absolute Gasteiger partial charge is 0.393 e. The monoisotopic (exact) mass is 508 g/mol.